The van der Waals surface area contributed by atoms with Crippen LogP contribution in [-0.2, 0) is 4.79 Å². The maximum atomic E-state index is 10.2. The summed E-state index contributed by atoms with van der Waals surface area (Å²) in [6.07, 6.45) is 0. The third-order valence-corrected chi connectivity index (χ3v) is 1.78. The molecular formula is C8H8Cl2O4. The fourth-order valence-electron chi connectivity index (χ4n) is 0.732. The van der Waals surface area contributed by atoms with Gasteiger partial charge in [0.1, 0.15) is 5.75 Å². The molecule has 0 amide bonds. The van der Waals surface area contributed by atoms with E-state index in [0.29, 0.717) is 15.8 Å². The number of hydrogen-bond donors (Lipinski definition) is 1. The average Bonchev–Trinajstić information content (AvgIpc) is 2.02. The summed E-state index contributed by atoms with van der Waals surface area (Å²) >= 11 is 11.3. The third-order valence-electron chi connectivity index (χ3n) is 1.25. The van der Waals surface area contributed by atoms with E-state index < -0.39 is 12.6 Å². The highest BCUT2D eigenvalue weighted by molar-refractivity contribution is 6.35. The molecule has 1 aromatic carbocycles. The quantitative estimate of drug-likeness (QED) is 0.870. The van der Waals surface area contributed by atoms with Crippen molar-refractivity contribution < 1.29 is 20.1 Å². The van der Waals surface area contributed by atoms with Crippen molar-refractivity contribution in [1.29, 1.82) is 0 Å². The minimum Gasteiger partial charge on any atom is -0.480 e. The number of ether oxygens (including phenoxy) is 1. The Morgan fingerprint density at radius 3 is 2.57 bits per heavy atom. The van der Waals surface area contributed by atoms with E-state index in [1.807, 2.05) is 0 Å². The molecule has 0 bridgehead atoms. The van der Waals surface area contributed by atoms with Crippen molar-refractivity contribution in [2.75, 3.05) is 6.61 Å². The van der Waals surface area contributed by atoms with Crippen molar-refractivity contribution >= 4 is 29.2 Å². The van der Waals surface area contributed by atoms with Crippen LogP contribution in [0.25, 0.3) is 0 Å². The topological polar surface area (TPSA) is 78.0 Å². The lowest BCUT2D eigenvalue weighted by atomic mass is 10.3. The Bertz CT molecular complexity index is 327. The minimum atomic E-state index is -1.05. The Hall–Kier alpha value is -0.970. The SMILES string of the molecule is O.O=C(O)COc1ccc(Cl)cc1Cl. The van der Waals surface area contributed by atoms with Gasteiger partial charge in [0.05, 0.1) is 5.02 Å². The lowest BCUT2D eigenvalue weighted by Gasteiger charge is -2.04. The van der Waals surface area contributed by atoms with Crippen LogP contribution in [0.5, 0.6) is 5.75 Å². The molecule has 0 saturated carbocycles. The molecule has 0 spiro atoms. The van der Waals surface area contributed by atoms with Crippen molar-refractivity contribution in [3.8, 4) is 5.75 Å². The normalized spacial score (nSPS) is 9.00. The van der Waals surface area contributed by atoms with Gasteiger partial charge in [-0.05, 0) is 18.2 Å². The van der Waals surface area contributed by atoms with Crippen LogP contribution in [0.4, 0.5) is 0 Å². The van der Waals surface area contributed by atoms with Crippen molar-refractivity contribution in [2.24, 2.45) is 0 Å². The molecule has 0 heterocycles. The fraction of sp³-hybridized carbons (Fsp3) is 0.125. The summed E-state index contributed by atoms with van der Waals surface area (Å²) in [5.74, 6) is -0.737. The number of halogens is 2. The lowest BCUT2D eigenvalue weighted by Crippen LogP contribution is -2.09. The second kappa shape index (κ2) is 5.70. The van der Waals surface area contributed by atoms with Gasteiger partial charge in [0.25, 0.3) is 0 Å². The molecule has 0 aliphatic rings. The van der Waals surface area contributed by atoms with E-state index in [-0.39, 0.29) is 5.48 Å². The molecule has 4 nitrogen and oxygen atoms in total. The van der Waals surface area contributed by atoms with Gasteiger partial charge >= 0.3 is 5.97 Å². The standard InChI is InChI=1S/C8H6Cl2O3.H2O/c9-5-1-2-7(6(10)3-5)13-4-8(11)12;/h1-3H,4H2,(H,11,12);1H2. The molecule has 0 aromatic heterocycles. The van der Waals surface area contributed by atoms with Gasteiger partial charge in [-0.1, -0.05) is 23.2 Å². The number of carboxylic acids is 1. The first kappa shape index (κ1) is 13.0. The number of hydrogen-bond acceptors (Lipinski definition) is 2. The van der Waals surface area contributed by atoms with E-state index >= 15 is 0 Å². The van der Waals surface area contributed by atoms with Crippen molar-refractivity contribution in [1.82, 2.24) is 0 Å². The van der Waals surface area contributed by atoms with E-state index in [1.165, 1.54) is 12.1 Å². The first-order valence-corrected chi connectivity index (χ1v) is 4.15. The summed E-state index contributed by atoms with van der Waals surface area (Å²) in [5.41, 5.74) is 0. The molecule has 6 heteroatoms. The van der Waals surface area contributed by atoms with E-state index in [2.05, 4.69) is 0 Å². The summed E-state index contributed by atoms with van der Waals surface area (Å²) in [7, 11) is 0. The molecule has 0 fully saturated rings. The fourth-order valence-corrected chi connectivity index (χ4v) is 1.19. The molecule has 1 aromatic rings. The summed E-state index contributed by atoms with van der Waals surface area (Å²) in [6.45, 7) is -0.415. The predicted molar refractivity (Wildman–Crippen MR) is 53.2 cm³/mol. The van der Waals surface area contributed by atoms with Gasteiger partial charge in [0, 0.05) is 5.02 Å². The molecule has 0 aliphatic heterocycles. The summed E-state index contributed by atoms with van der Waals surface area (Å²) < 4.78 is 4.86. The Morgan fingerprint density at radius 1 is 1.43 bits per heavy atom. The monoisotopic (exact) mass is 238 g/mol. The average molecular weight is 239 g/mol. The lowest BCUT2D eigenvalue weighted by molar-refractivity contribution is -0.139. The highest BCUT2D eigenvalue weighted by Crippen LogP contribution is 2.27. The van der Waals surface area contributed by atoms with E-state index in [4.69, 9.17) is 33.0 Å². The Morgan fingerprint density at radius 2 is 2.07 bits per heavy atom. The minimum absolute atomic E-state index is 0. The summed E-state index contributed by atoms with van der Waals surface area (Å²) in [6, 6.07) is 4.58. The van der Waals surface area contributed by atoms with Crippen molar-refractivity contribution in [2.45, 2.75) is 0 Å². The van der Waals surface area contributed by atoms with Gasteiger partial charge in [-0.3, -0.25) is 0 Å². The molecule has 0 atom stereocenters. The molecule has 0 radical (unpaired) electrons. The van der Waals surface area contributed by atoms with Crippen LogP contribution in [0.15, 0.2) is 18.2 Å². The van der Waals surface area contributed by atoms with Gasteiger partial charge in [-0.15, -0.1) is 0 Å². The van der Waals surface area contributed by atoms with Crippen molar-refractivity contribution in [3.05, 3.63) is 28.2 Å². The second-order valence-electron chi connectivity index (χ2n) is 2.26. The summed E-state index contributed by atoms with van der Waals surface area (Å²) in [5, 5.41) is 9.11. The predicted octanol–water partition coefficient (Wildman–Crippen LogP) is 1.63. The molecule has 1 rings (SSSR count). The molecule has 78 valence electrons. The second-order valence-corrected chi connectivity index (χ2v) is 3.10. The largest absolute Gasteiger partial charge is 0.480 e. The molecule has 0 saturated heterocycles. The van der Waals surface area contributed by atoms with Gasteiger partial charge in [0.15, 0.2) is 6.61 Å². The number of aliphatic carboxylic acids is 1. The van der Waals surface area contributed by atoms with Gasteiger partial charge < -0.3 is 15.3 Å². The first-order chi connectivity index (χ1) is 6.09. The summed E-state index contributed by atoms with van der Waals surface area (Å²) in [4.78, 5) is 10.2. The maximum absolute atomic E-state index is 10.2. The zero-order chi connectivity index (χ0) is 9.84. The maximum Gasteiger partial charge on any atom is 0.341 e. The number of carbonyl (C=O) groups is 1. The zero-order valence-corrected chi connectivity index (χ0v) is 8.47. The Balaban J connectivity index is 0.00000169. The number of benzene rings is 1. The van der Waals surface area contributed by atoms with Crippen LogP contribution >= 0.6 is 23.2 Å². The van der Waals surface area contributed by atoms with Gasteiger partial charge in [-0.25, -0.2) is 4.79 Å². The van der Waals surface area contributed by atoms with Crippen LogP contribution in [0.1, 0.15) is 0 Å². The third kappa shape index (κ3) is 3.83. The van der Waals surface area contributed by atoms with E-state index in [1.54, 1.807) is 6.07 Å². The highest BCUT2D eigenvalue weighted by atomic mass is 35.5. The Kier molecular flexibility index (Phi) is 5.30. The van der Waals surface area contributed by atoms with Crippen LogP contribution in [0.3, 0.4) is 0 Å². The highest BCUT2D eigenvalue weighted by Gasteiger charge is 2.04. The Labute approximate surface area is 90.3 Å². The number of carboxylic acid groups (broad SMARTS) is 1. The first-order valence-electron chi connectivity index (χ1n) is 3.39. The van der Waals surface area contributed by atoms with E-state index in [9.17, 15) is 4.79 Å². The molecule has 0 aliphatic carbocycles. The van der Waals surface area contributed by atoms with Gasteiger partial charge in [0.2, 0.25) is 0 Å². The molecule has 14 heavy (non-hydrogen) atoms. The van der Waals surface area contributed by atoms with Crippen LogP contribution in [0, 0.1) is 0 Å². The van der Waals surface area contributed by atoms with Crippen molar-refractivity contribution in [3.63, 3.8) is 0 Å². The number of rotatable bonds is 3. The van der Waals surface area contributed by atoms with Crippen LogP contribution in [-0.4, -0.2) is 23.2 Å². The molecule has 3 N–H and O–H groups in total. The smallest absolute Gasteiger partial charge is 0.341 e. The molecule has 0 unspecified atom stereocenters. The van der Waals surface area contributed by atoms with Crippen LogP contribution in [0.2, 0.25) is 10.0 Å². The van der Waals surface area contributed by atoms with Gasteiger partial charge in [-0.2, -0.15) is 0 Å². The van der Waals surface area contributed by atoms with E-state index in [0.717, 1.165) is 0 Å². The molecular weight excluding hydrogens is 231 g/mol. The van der Waals surface area contributed by atoms with Crippen LogP contribution < -0.4 is 4.74 Å². The zero-order valence-electron chi connectivity index (χ0n) is 6.96.